The summed E-state index contributed by atoms with van der Waals surface area (Å²) < 4.78 is 0. The van der Waals surface area contributed by atoms with Crippen molar-refractivity contribution in [2.24, 2.45) is 0 Å². The summed E-state index contributed by atoms with van der Waals surface area (Å²) >= 11 is 1.60. The maximum atomic E-state index is 13.2. The third-order valence-corrected chi connectivity index (χ3v) is 5.79. The number of benzene rings is 2. The number of nitrogens with one attached hydrogen (secondary N) is 1. The third kappa shape index (κ3) is 7.52. The molecule has 0 aliphatic heterocycles. The first kappa shape index (κ1) is 24.0. The minimum atomic E-state index is -0.490. The van der Waals surface area contributed by atoms with Crippen LogP contribution in [-0.2, 0) is 21.9 Å². The Morgan fingerprint density at radius 1 is 1.03 bits per heavy atom. The molecule has 4 nitrogen and oxygen atoms in total. The Morgan fingerprint density at radius 3 is 2.27 bits per heavy atom. The van der Waals surface area contributed by atoms with E-state index in [0.29, 0.717) is 18.7 Å². The predicted molar refractivity (Wildman–Crippen MR) is 126 cm³/mol. The molecule has 162 valence electrons. The Kier molecular flexibility index (Phi) is 8.97. The summed E-state index contributed by atoms with van der Waals surface area (Å²) in [5, 5.41) is 3.04. The zero-order chi connectivity index (χ0) is 22.1. The van der Waals surface area contributed by atoms with Crippen LogP contribution in [0.2, 0.25) is 0 Å². The number of aryl methyl sites for hydroxylation is 1. The lowest BCUT2D eigenvalue weighted by Crippen LogP contribution is -2.53. The van der Waals surface area contributed by atoms with Crippen molar-refractivity contribution in [2.45, 2.75) is 64.9 Å². The number of hydrogen-bond acceptors (Lipinski definition) is 3. The van der Waals surface area contributed by atoms with Crippen molar-refractivity contribution >= 4 is 23.6 Å². The van der Waals surface area contributed by atoms with E-state index in [9.17, 15) is 9.59 Å². The summed E-state index contributed by atoms with van der Waals surface area (Å²) in [6.45, 7) is 10.3. The highest BCUT2D eigenvalue weighted by Crippen LogP contribution is 2.19. The van der Waals surface area contributed by atoms with Crippen LogP contribution in [0.4, 0.5) is 0 Å². The van der Waals surface area contributed by atoms with Gasteiger partial charge < -0.3 is 10.2 Å². The fourth-order valence-electron chi connectivity index (χ4n) is 3.26. The van der Waals surface area contributed by atoms with Crippen LogP contribution in [-0.4, -0.2) is 34.0 Å². The van der Waals surface area contributed by atoms with Gasteiger partial charge in [0.25, 0.3) is 0 Å². The molecule has 1 N–H and O–H groups in total. The second-order valence-corrected chi connectivity index (χ2v) is 9.58. The lowest BCUT2D eigenvalue weighted by Gasteiger charge is -2.33. The number of amides is 2. The lowest BCUT2D eigenvalue weighted by atomic mass is 10.1. The fourth-order valence-corrected chi connectivity index (χ4v) is 4.24. The molecule has 0 radical (unpaired) electrons. The van der Waals surface area contributed by atoms with Crippen molar-refractivity contribution in [1.29, 1.82) is 0 Å². The Hall–Kier alpha value is -2.27. The first-order valence-corrected chi connectivity index (χ1v) is 11.6. The minimum absolute atomic E-state index is 0.00616. The van der Waals surface area contributed by atoms with Crippen molar-refractivity contribution in [2.75, 3.05) is 5.75 Å². The Balaban J connectivity index is 2.13. The molecule has 0 aliphatic rings. The van der Waals surface area contributed by atoms with Crippen molar-refractivity contribution in [3.05, 3.63) is 71.3 Å². The third-order valence-electron chi connectivity index (χ3n) is 4.82. The topological polar surface area (TPSA) is 49.4 Å². The average Bonchev–Trinajstić information content (AvgIpc) is 2.68. The zero-order valence-electron chi connectivity index (χ0n) is 18.8. The van der Waals surface area contributed by atoms with Gasteiger partial charge in [0.05, 0.1) is 5.75 Å². The quantitative estimate of drug-likeness (QED) is 0.617. The van der Waals surface area contributed by atoms with Crippen molar-refractivity contribution in [3.63, 3.8) is 0 Å². The second-order valence-electron chi connectivity index (χ2n) is 8.59. The van der Waals surface area contributed by atoms with E-state index in [1.807, 2.05) is 70.2 Å². The maximum Gasteiger partial charge on any atom is 0.243 e. The van der Waals surface area contributed by atoms with Gasteiger partial charge in [-0.1, -0.05) is 61.5 Å². The van der Waals surface area contributed by atoms with Gasteiger partial charge >= 0.3 is 0 Å². The van der Waals surface area contributed by atoms with Crippen molar-refractivity contribution < 1.29 is 9.59 Å². The molecule has 0 aromatic heterocycles. The standard InChI is InChI=1S/C25H34N2O2S/c1-6-22(24(29)26-25(3,4)5)27(16-20-13-8-7-9-14-20)23(28)18-30-17-21-15-11-10-12-19(21)2/h7-15,22H,6,16-18H2,1-5H3,(H,26,29). The molecule has 2 aromatic carbocycles. The van der Waals surface area contributed by atoms with Gasteiger partial charge in [0.2, 0.25) is 11.8 Å². The molecule has 0 bridgehead atoms. The fraction of sp³-hybridized carbons (Fsp3) is 0.440. The van der Waals surface area contributed by atoms with Crippen LogP contribution < -0.4 is 5.32 Å². The van der Waals surface area contributed by atoms with Gasteiger partial charge in [0.1, 0.15) is 6.04 Å². The molecule has 1 unspecified atom stereocenters. The number of thioether (sulfide) groups is 1. The lowest BCUT2D eigenvalue weighted by molar-refractivity contribution is -0.140. The second kappa shape index (κ2) is 11.2. The SMILES string of the molecule is CCC(C(=O)NC(C)(C)C)N(Cc1ccccc1)C(=O)CSCc1ccccc1C. The number of carbonyl (C=O) groups excluding carboxylic acids is 2. The van der Waals surface area contributed by atoms with Crippen molar-refractivity contribution in [3.8, 4) is 0 Å². The molecule has 2 rings (SSSR count). The maximum absolute atomic E-state index is 13.2. The molecule has 0 heterocycles. The molecule has 0 aliphatic carbocycles. The molecule has 2 aromatic rings. The predicted octanol–water partition coefficient (Wildman–Crippen LogP) is 4.95. The van der Waals surface area contributed by atoms with Crippen LogP contribution in [0.5, 0.6) is 0 Å². The van der Waals surface area contributed by atoms with Crippen LogP contribution in [0.15, 0.2) is 54.6 Å². The summed E-state index contributed by atoms with van der Waals surface area (Å²) in [6.07, 6.45) is 0.572. The minimum Gasteiger partial charge on any atom is -0.350 e. The van der Waals surface area contributed by atoms with Crippen LogP contribution in [0.25, 0.3) is 0 Å². The summed E-state index contributed by atoms with van der Waals surface area (Å²) in [6, 6.07) is 17.6. The molecule has 1 atom stereocenters. The van der Waals surface area contributed by atoms with E-state index in [1.165, 1.54) is 11.1 Å². The van der Waals surface area contributed by atoms with E-state index in [4.69, 9.17) is 0 Å². The molecule has 5 heteroatoms. The van der Waals surface area contributed by atoms with Crippen LogP contribution >= 0.6 is 11.8 Å². The van der Waals surface area contributed by atoms with E-state index in [1.54, 1.807) is 16.7 Å². The van der Waals surface area contributed by atoms with Gasteiger partial charge in [-0.15, -0.1) is 11.8 Å². The van der Waals surface area contributed by atoms with Gasteiger partial charge in [-0.25, -0.2) is 0 Å². The molecule has 30 heavy (non-hydrogen) atoms. The van der Waals surface area contributed by atoms with Crippen LogP contribution in [0.3, 0.4) is 0 Å². The highest BCUT2D eigenvalue weighted by molar-refractivity contribution is 7.99. The zero-order valence-corrected chi connectivity index (χ0v) is 19.6. The van der Waals surface area contributed by atoms with Gasteiger partial charge in [0, 0.05) is 17.8 Å². The van der Waals surface area contributed by atoms with E-state index >= 15 is 0 Å². The molecule has 0 saturated carbocycles. The Morgan fingerprint density at radius 2 is 1.67 bits per heavy atom. The molecular formula is C25H34N2O2S. The summed E-state index contributed by atoms with van der Waals surface area (Å²) in [7, 11) is 0. The van der Waals surface area contributed by atoms with Gasteiger partial charge in [-0.2, -0.15) is 0 Å². The summed E-state index contributed by atoms with van der Waals surface area (Å²) in [5.41, 5.74) is 3.15. The molecule has 2 amide bonds. The number of carbonyl (C=O) groups is 2. The largest absolute Gasteiger partial charge is 0.350 e. The number of rotatable bonds is 9. The van der Waals surface area contributed by atoms with Crippen LogP contribution in [0.1, 0.15) is 50.8 Å². The van der Waals surface area contributed by atoms with Gasteiger partial charge in [-0.3, -0.25) is 9.59 Å². The first-order chi connectivity index (χ1) is 14.2. The van der Waals surface area contributed by atoms with E-state index < -0.39 is 6.04 Å². The highest BCUT2D eigenvalue weighted by atomic mass is 32.2. The molecular weight excluding hydrogens is 392 g/mol. The molecule has 0 spiro atoms. The average molecular weight is 427 g/mol. The summed E-state index contributed by atoms with van der Waals surface area (Å²) in [4.78, 5) is 27.9. The van der Waals surface area contributed by atoms with Gasteiger partial charge in [0.15, 0.2) is 0 Å². The number of hydrogen-bond donors (Lipinski definition) is 1. The van der Waals surface area contributed by atoms with Crippen LogP contribution in [0, 0.1) is 6.92 Å². The Bertz CT molecular complexity index is 831. The van der Waals surface area contributed by atoms with E-state index in [2.05, 4.69) is 24.4 Å². The number of nitrogens with zero attached hydrogens (tertiary/aromatic N) is 1. The highest BCUT2D eigenvalue weighted by Gasteiger charge is 2.30. The van der Waals surface area contributed by atoms with E-state index in [-0.39, 0.29) is 17.4 Å². The smallest absolute Gasteiger partial charge is 0.243 e. The summed E-state index contributed by atoms with van der Waals surface area (Å²) in [5.74, 6) is 1.02. The Labute approximate surface area is 185 Å². The van der Waals surface area contributed by atoms with E-state index in [0.717, 1.165) is 11.3 Å². The van der Waals surface area contributed by atoms with Crippen molar-refractivity contribution in [1.82, 2.24) is 10.2 Å². The monoisotopic (exact) mass is 426 g/mol. The molecule has 0 saturated heterocycles. The first-order valence-electron chi connectivity index (χ1n) is 10.5. The molecule has 0 fully saturated rings. The normalized spacial score (nSPS) is 12.3. The van der Waals surface area contributed by atoms with Gasteiger partial charge in [-0.05, 0) is 50.8 Å².